The first kappa shape index (κ1) is 23.9. The van der Waals surface area contributed by atoms with Gasteiger partial charge in [-0.2, -0.15) is 0 Å². The lowest BCUT2D eigenvalue weighted by atomic mass is 10.0. The van der Waals surface area contributed by atoms with E-state index in [1.165, 1.54) is 11.8 Å². The number of amides is 1. The predicted octanol–water partition coefficient (Wildman–Crippen LogP) is 5.58. The number of ether oxygens (including phenoxy) is 3. The van der Waals surface area contributed by atoms with E-state index < -0.39 is 0 Å². The molecule has 9 heteroatoms. The van der Waals surface area contributed by atoms with E-state index in [4.69, 9.17) is 14.2 Å². The minimum atomic E-state index is -0.299. The summed E-state index contributed by atoms with van der Waals surface area (Å²) in [6.45, 7) is 10.6. The van der Waals surface area contributed by atoms with Crippen molar-refractivity contribution in [2.24, 2.45) is 0 Å². The summed E-state index contributed by atoms with van der Waals surface area (Å²) in [7, 11) is 0. The van der Waals surface area contributed by atoms with Crippen molar-refractivity contribution < 1.29 is 19.0 Å². The molecule has 0 aliphatic carbocycles. The number of nitrogens with zero attached hydrogens (tertiary/aromatic N) is 3. The van der Waals surface area contributed by atoms with Gasteiger partial charge >= 0.3 is 0 Å². The van der Waals surface area contributed by atoms with Crippen molar-refractivity contribution in [2.45, 2.75) is 57.8 Å². The number of thioether (sulfide) groups is 1. The molecule has 34 heavy (non-hydrogen) atoms. The Balaban J connectivity index is 1.43. The third-order valence-electron chi connectivity index (χ3n) is 5.40. The standard InChI is InChI=1S/C25H30N4O4S/c1-15(2)19-8-6-7-9-20(19)33-17(5)24-27-28-25(29(24)16(3)4)34-13-23(30)26-18-10-11-21-22(12-18)32-14-31-21/h6-12,15-17H,13-14H2,1-5H3,(H,26,30). The number of carbonyl (C=O) groups is 1. The number of carbonyl (C=O) groups excluding carboxylic acids is 1. The van der Waals surface area contributed by atoms with Gasteiger partial charge in [0, 0.05) is 17.8 Å². The lowest BCUT2D eigenvalue weighted by Gasteiger charge is -2.21. The van der Waals surface area contributed by atoms with Crippen molar-refractivity contribution in [1.82, 2.24) is 14.8 Å². The number of aromatic nitrogens is 3. The van der Waals surface area contributed by atoms with E-state index in [2.05, 4.69) is 49.3 Å². The third kappa shape index (κ3) is 5.30. The Bertz CT molecular complexity index is 1160. The summed E-state index contributed by atoms with van der Waals surface area (Å²) in [6, 6.07) is 13.5. The number of para-hydroxylation sites is 1. The molecular formula is C25H30N4O4S. The van der Waals surface area contributed by atoms with E-state index >= 15 is 0 Å². The highest BCUT2D eigenvalue weighted by molar-refractivity contribution is 7.99. The molecule has 0 radical (unpaired) electrons. The smallest absolute Gasteiger partial charge is 0.234 e. The molecule has 4 rings (SSSR count). The second kappa shape index (κ2) is 10.4. The number of hydrogen-bond acceptors (Lipinski definition) is 7. The SMILES string of the molecule is CC(C)c1ccccc1OC(C)c1nnc(SCC(=O)Nc2ccc3c(c2)OCO3)n1C(C)C. The van der Waals surface area contributed by atoms with Crippen LogP contribution in [-0.2, 0) is 4.79 Å². The fraction of sp³-hybridized carbons (Fsp3) is 0.400. The van der Waals surface area contributed by atoms with Crippen molar-refractivity contribution >= 4 is 23.4 Å². The van der Waals surface area contributed by atoms with Gasteiger partial charge in [0.15, 0.2) is 28.6 Å². The van der Waals surface area contributed by atoms with Gasteiger partial charge in [-0.15, -0.1) is 10.2 Å². The van der Waals surface area contributed by atoms with Crippen LogP contribution in [0.2, 0.25) is 0 Å². The van der Waals surface area contributed by atoms with Crippen molar-refractivity contribution in [1.29, 1.82) is 0 Å². The van der Waals surface area contributed by atoms with E-state index in [9.17, 15) is 4.79 Å². The number of nitrogens with one attached hydrogen (secondary N) is 1. The molecule has 1 N–H and O–H groups in total. The number of hydrogen-bond donors (Lipinski definition) is 1. The molecule has 0 bridgehead atoms. The molecule has 1 atom stereocenters. The Kier molecular flexibility index (Phi) is 7.31. The summed E-state index contributed by atoms with van der Waals surface area (Å²) in [6.07, 6.45) is -0.299. The zero-order valence-electron chi connectivity index (χ0n) is 20.1. The minimum Gasteiger partial charge on any atom is -0.482 e. The van der Waals surface area contributed by atoms with Crippen LogP contribution in [0.15, 0.2) is 47.6 Å². The molecule has 2 aromatic carbocycles. The molecule has 1 unspecified atom stereocenters. The van der Waals surface area contributed by atoms with Gasteiger partial charge in [0.05, 0.1) is 5.75 Å². The van der Waals surface area contributed by atoms with Crippen LogP contribution in [0.1, 0.15) is 64.1 Å². The Morgan fingerprint density at radius 2 is 1.85 bits per heavy atom. The van der Waals surface area contributed by atoms with E-state index in [0.717, 1.165) is 17.1 Å². The summed E-state index contributed by atoms with van der Waals surface area (Å²) >= 11 is 1.35. The van der Waals surface area contributed by atoms with Crippen LogP contribution in [0, 0.1) is 0 Å². The van der Waals surface area contributed by atoms with Crippen LogP contribution in [-0.4, -0.2) is 33.2 Å². The summed E-state index contributed by atoms with van der Waals surface area (Å²) in [5.74, 6) is 3.29. The average molecular weight is 483 g/mol. The van der Waals surface area contributed by atoms with Gasteiger partial charge in [-0.25, -0.2) is 0 Å². The molecule has 1 aliphatic rings. The van der Waals surface area contributed by atoms with Gasteiger partial charge in [0.1, 0.15) is 5.75 Å². The van der Waals surface area contributed by atoms with Crippen LogP contribution >= 0.6 is 11.8 Å². The predicted molar refractivity (Wildman–Crippen MR) is 132 cm³/mol. The first-order valence-corrected chi connectivity index (χ1v) is 12.3. The van der Waals surface area contributed by atoms with Gasteiger partial charge in [-0.05, 0) is 50.5 Å². The quantitative estimate of drug-likeness (QED) is 0.398. The molecule has 0 saturated heterocycles. The largest absolute Gasteiger partial charge is 0.482 e. The second-order valence-corrected chi connectivity index (χ2v) is 9.60. The maximum Gasteiger partial charge on any atom is 0.234 e. The van der Waals surface area contributed by atoms with E-state index in [-0.39, 0.29) is 30.6 Å². The molecule has 8 nitrogen and oxygen atoms in total. The highest BCUT2D eigenvalue weighted by Crippen LogP contribution is 2.35. The van der Waals surface area contributed by atoms with E-state index in [1.807, 2.05) is 29.7 Å². The summed E-state index contributed by atoms with van der Waals surface area (Å²) < 4.78 is 19.0. The molecule has 1 aliphatic heterocycles. The number of fused-ring (bicyclic) bond motifs is 1. The average Bonchev–Trinajstić information content (AvgIpc) is 3.44. The summed E-state index contributed by atoms with van der Waals surface area (Å²) in [5.41, 5.74) is 1.81. The molecule has 1 amide bonds. The second-order valence-electron chi connectivity index (χ2n) is 8.66. The fourth-order valence-electron chi connectivity index (χ4n) is 3.76. The minimum absolute atomic E-state index is 0.107. The van der Waals surface area contributed by atoms with Gasteiger partial charge in [-0.3, -0.25) is 4.79 Å². The molecule has 180 valence electrons. The van der Waals surface area contributed by atoms with E-state index in [1.54, 1.807) is 18.2 Å². The van der Waals surface area contributed by atoms with Gasteiger partial charge in [0.25, 0.3) is 0 Å². The summed E-state index contributed by atoms with van der Waals surface area (Å²) in [5, 5.41) is 12.3. The maximum absolute atomic E-state index is 12.6. The zero-order chi connectivity index (χ0) is 24.2. The topological polar surface area (TPSA) is 87.5 Å². The molecule has 0 fully saturated rings. The molecule has 0 saturated carbocycles. The molecule has 2 heterocycles. The molecule has 0 spiro atoms. The van der Waals surface area contributed by atoms with E-state index in [0.29, 0.717) is 28.3 Å². The highest BCUT2D eigenvalue weighted by atomic mass is 32.2. The Morgan fingerprint density at radius 3 is 2.62 bits per heavy atom. The first-order valence-electron chi connectivity index (χ1n) is 11.4. The monoisotopic (exact) mass is 482 g/mol. The van der Waals surface area contributed by atoms with Gasteiger partial charge in [-0.1, -0.05) is 43.8 Å². The normalized spacial score (nSPS) is 13.4. The van der Waals surface area contributed by atoms with Crippen molar-refractivity contribution in [3.05, 3.63) is 53.9 Å². The number of benzene rings is 2. The Morgan fingerprint density at radius 1 is 1.09 bits per heavy atom. The van der Waals surface area contributed by atoms with Gasteiger partial charge in [0.2, 0.25) is 12.7 Å². The summed E-state index contributed by atoms with van der Waals surface area (Å²) in [4.78, 5) is 12.6. The van der Waals surface area contributed by atoms with Crippen LogP contribution < -0.4 is 19.5 Å². The molecular weight excluding hydrogens is 452 g/mol. The molecule has 3 aromatic rings. The Hall–Kier alpha value is -3.20. The van der Waals surface area contributed by atoms with Gasteiger partial charge < -0.3 is 24.1 Å². The number of rotatable bonds is 9. The maximum atomic E-state index is 12.6. The fourth-order valence-corrected chi connectivity index (χ4v) is 4.63. The van der Waals surface area contributed by atoms with Crippen molar-refractivity contribution in [2.75, 3.05) is 17.9 Å². The third-order valence-corrected chi connectivity index (χ3v) is 6.35. The Labute approximate surface area is 204 Å². The van der Waals surface area contributed by atoms with Crippen molar-refractivity contribution in [3.63, 3.8) is 0 Å². The lowest BCUT2D eigenvalue weighted by Crippen LogP contribution is -2.17. The van der Waals surface area contributed by atoms with Crippen LogP contribution in [0.5, 0.6) is 17.2 Å². The van der Waals surface area contributed by atoms with Crippen LogP contribution in [0.3, 0.4) is 0 Å². The number of anilines is 1. The zero-order valence-corrected chi connectivity index (χ0v) is 20.9. The van der Waals surface area contributed by atoms with Crippen molar-refractivity contribution in [3.8, 4) is 17.2 Å². The lowest BCUT2D eigenvalue weighted by molar-refractivity contribution is -0.113. The van der Waals surface area contributed by atoms with Crippen LogP contribution in [0.25, 0.3) is 0 Å². The van der Waals surface area contributed by atoms with Crippen LogP contribution in [0.4, 0.5) is 5.69 Å². The highest BCUT2D eigenvalue weighted by Gasteiger charge is 2.23. The first-order chi connectivity index (χ1) is 16.3. The molecule has 1 aromatic heterocycles.